The molecule has 0 fully saturated rings. The molecule has 0 rings (SSSR count). The number of carbonyl (C=O) groups is 3. The molecule has 7 nitrogen and oxygen atoms in total. The first-order valence-electron chi connectivity index (χ1n) is 3.16. The molecule has 0 radical (unpaired) electrons. The Kier molecular flexibility index (Phi) is 4.18. The predicted octanol–water partition coefficient (Wildman–Crippen LogP) is -4.41. The van der Waals surface area contributed by atoms with E-state index in [1.165, 1.54) is 0 Å². The minimum atomic E-state index is -2.40. The fraction of sp³-hybridized carbons (Fsp3) is 0.500. The van der Waals surface area contributed by atoms with Gasteiger partial charge in [0.05, 0.1) is 0 Å². The number of aliphatic carboxylic acids is 1. The second-order valence-electron chi connectivity index (χ2n) is 2.17. The summed E-state index contributed by atoms with van der Waals surface area (Å²) in [4.78, 5) is 30.7. The second-order valence-corrected chi connectivity index (χ2v) is 2.17. The summed E-state index contributed by atoms with van der Waals surface area (Å²) >= 11 is 0. The van der Waals surface area contributed by atoms with Crippen LogP contribution in [0.4, 0.5) is 0 Å². The molecule has 0 saturated heterocycles. The van der Waals surface area contributed by atoms with Crippen LogP contribution in [0, 0.1) is 0 Å². The third-order valence-electron chi connectivity index (χ3n) is 1.25. The van der Waals surface area contributed by atoms with Gasteiger partial charge < -0.3 is 25.2 Å². The summed E-state index contributed by atoms with van der Waals surface area (Å²) in [6.45, 7) is -1.10. The van der Waals surface area contributed by atoms with E-state index < -0.39 is 36.4 Å². The summed E-state index contributed by atoms with van der Waals surface area (Å²) in [5.74, 6) is -5.27. The standard InChI is InChI=1S/C6H8O7/c7-1-2(8)3(9)4(10)5(11)6(12)13/h3-4,7,9-10H,1H2,(H,12,13)/p-1/t3-,4+/m1/s1. The van der Waals surface area contributed by atoms with Gasteiger partial charge in [-0.3, -0.25) is 9.59 Å². The van der Waals surface area contributed by atoms with Gasteiger partial charge in [0.1, 0.15) is 18.7 Å². The SMILES string of the molecule is O=C([O-])C(=O)[C@@H](O)[C@H](O)C(=O)CO. The van der Waals surface area contributed by atoms with Crippen molar-refractivity contribution in [3.63, 3.8) is 0 Å². The van der Waals surface area contributed by atoms with Crippen molar-refractivity contribution in [3.05, 3.63) is 0 Å². The first kappa shape index (κ1) is 11.7. The third-order valence-corrected chi connectivity index (χ3v) is 1.25. The highest BCUT2D eigenvalue weighted by Gasteiger charge is 2.29. The summed E-state index contributed by atoms with van der Waals surface area (Å²) in [6, 6.07) is 0. The number of carbonyl (C=O) groups excluding carboxylic acids is 3. The number of rotatable bonds is 5. The average molecular weight is 191 g/mol. The van der Waals surface area contributed by atoms with E-state index in [0.717, 1.165) is 0 Å². The normalized spacial score (nSPS) is 14.7. The molecule has 0 amide bonds. The maximum Gasteiger partial charge on any atom is 0.209 e. The molecule has 3 N–H and O–H groups in total. The number of carboxylic acid groups (broad SMARTS) is 1. The summed E-state index contributed by atoms with van der Waals surface area (Å²) in [6.07, 6.45) is -4.64. The molecule has 0 unspecified atom stereocenters. The second kappa shape index (κ2) is 4.65. The molecule has 0 aromatic carbocycles. The van der Waals surface area contributed by atoms with E-state index in [1.54, 1.807) is 0 Å². The monoisotopic (exact) mass is 191 g/mol. The number of aliphatic hydroxyl groups excluding tert-OH is 3. The number of ketones is 2. The Bertz CT molecular complexity index is 233. The Hall–Kier alpha value is -1.31. The van der Waals surface area contributed by atoms with E-state index in [9.17, 15) is 19.5 Å². The molecule has 0 heterocycles. The fourth-order valence-electron chi connectivity index (χ4n) is 0.534. The minimum absolute atomic E-state index is 1.10. The van der Waals surface area contributed by atoms with Gasteiger partial charge in [-0.2, -0.15) is 0 Å². The number of hydrogen-bond acceptors (Lipinski definition) is 7. The molecule has 2 atom stereocenters. The van der Waals surface area contributed by atoms with Gasteiger partial charge in [0.2, 0.25) is 5.78 Å². The Morgan fingerprint density at radius 3 is 1.92 bits per heavy atom. The van der Waals surface area contributed by atoms with Crippen LogP contribution in [0.5, 0.6) is 0 Å². The largest absolute Gasteiger partial charge is 0.542 e. The van der Waals surface area contributed by atoms with E-state index in [1.807, 2.05) is 0 Å². The van der Waals surface area contributed by atoms with Crippen LogP contribution in [0.25, 0.3) is 0 Å². The molecule has 74 valence electrons. The van der Waals surface area contributed by atoms with Crippen molar-refractivity contribution in [1.29, 1.82) is 0 Å². The van der Waals surface area contributed by atoms with Crippen LogP contribution in [0.1, 0.15) is 0 Å². The van der Waals surface area contributed by atoms with E-state index in [-0.39, 0.29) is 0 Å². The lowest BCUT2D eigenvalue weighted by Crippen LogP contribution is -2.48. The van der Waals surface area contributed by atoms with Crippen LogP contribution in [-0.2, 0) is 14.4 Å². The molecule has 0 aliphatic carbocycles. The van der Waals surface area contributed by atoms with Gasteiger partial charge in [0, 0.05) is 0 Å². The van der Waals surface area contributed by atoms with Crippen molar-refractivity contribution in [1.82, 2.24) is 0 Å². The van der Waals surface area contributed by atoms with Gasteiger partial charge >= 0.3 is 0 Å². The lowest BCUT2D eigenvalue weighted by molar-refractivity contribution is -0.301. The van der Waals surface area contributed by atoms with Crippen molar-refractivity contribution >= 4 is 17.5 Å². The molecule has 7 heteroatoms. The van der Waals surface area contributed by atoms with Crippen molar-refractivity contribution in [2.24, 2.45) is 0 Å². The summed E-state index contributed by atoms with van der Waals surface area (Å²) < 4.78 is 0. The lowest BCUT2D eigenvalue weighted by Gasteiger charge is -2.14. The number of aliphatic hydroxyl groups is 3. The van der Waals surface area contributed by atoms with Crippen LogP contribution in [0.3, 0.4) is 0 Å². The summed E-state index contributed by atoms with van der Waals surface area (Å²) in [7, 11) is 0. The van der Waals surface area contributed by atoms with Gasteiger partial charge in [-0.1, -0.05) is 0 Å². The van der Waals surface area contributed by atoms with Crippen molar-refractivity contribution in [2.45, 2.75) is 12.2 Å². The first-order valence-corrected chi connectivity index (χ1v) is 3.16. The summed E-state index contributed by atoms with van der Waals surface area (Å²) in [5, 5.41) is 35.5. The molecule has 0 bridgehead atoms. The van der Waals surface area contributed by atoms with Gasteiger partial charge in [0.25, 0.3) is 0 Å². The van der Waals surface area contributed by atoms with Gasteiger partial charge in [-0.05, 0) is 0 Å². The molecule has 0 aliphatic heterocycles. The first-order chi connectivity index (χ1) is 5.91. The maximum atomic E-state index is 10.5. The number of Topliss-reactive ketones (excluding diaryl/α,β-unsaturated/α-hetero) is 2. The highest BCUT2D eigenvalue weighted by molar-refractivity contribution is 6.34. The Morgan fingerprint density at radius 2 is 1.62 bits per heavy atom. The molecule has 0 saturated carbocycles. The third kappa shape index (κ3) is 2.90. The summed E-state index contributed by atoms with van der Waals surface area (Å²) in [5.41, 5.74) is 0. The maximum absolute atomic E-state index is 10.5. The quantitative estimate of drug-likeness (QED) is 0.373. The highest BCUT2D eigenvalue weighted by Crippen LogP contribution is 1.96. The topological polar surface area (TPSA) is 135 Å². The van der Waals surface area contributed by atoms with Crippen LogP contribution in [-0.4, -0.2) is 51.7 Å². The fourth-order valence-corrected chi connectivity index (χ4v) is 0.534. The Morgan fingerprint density at radius 1 is 1.15 bits per heavy atom. The zero-order valence-corrected chi connectivity index (χ0v) is 6.34. The Labute approximate surface area is 72.2 Å². The highest BCUT2D eigenvalue weighted by atomic mass is 16.4. The van der Waals surface area contributed by atoms with Gasteiger partial charge in [0.15, 0.2) is 11.9 Å². The molecule has 13 heavy (non-hydrogen) atoms. The van der Waals surface area contributed by atoms with E-state index >= 15 is 0 Å². The average Bonchev–Trinajstić information content (AvgIpc) is 2.12. The number of carboxylic acids is 1. The molecular formula is C6H7O7-. The lowest BCUT2D eigenvalue weighted by atomic mass is 10.1. The molecule has 0 aromatic heterocycles. The number of hydrogen-bond donors (Lipinski definition) is 3. The van der Waals surface area contributed by atoms with Crippen LogP contribution >= 0.6 is 0 Å². The van der Waals surface area contributed by atoms with Crippen LogP contribution < -0.4 is 5.11 Å². The zero-order valence-electron chi connectivity index (χ0n) is 6.34. The minimum Gasteiger partial charge on any atom is -0.542 e. The molecular weight excluding hydrogens is 184 g/mol. The van der Waals surface area contributed by atoms with E-state index in [2.05, 4.69) is 0 Å². The van der Waals surface area contributed by atoms with Crippen LogP contribution in [0.2, 0.25) is 0 Å². The van der Waals surface area contributed by atoms with Crippen LogP contribution in [0.15, 0.2) is 0 Å². The van der Waals surface area contributed by atoms with Gasteiger partial charge in [-0.15, -0.1) is 0 Å². The molecule has 0 aromatic rings. The van der Waals surface area contributed by atoms with Gasteiger partial charge in [-0.25, -0.2) is 0 Å². The zero-order chi connectivity index (χ0) is 10.6. The Balaban J connectivity index is 4.42. The smallest absolute Gasteiger partial charge is 0.209 e. The predicted molar refractivity (Wildman–Crippen MR) is 34.1 cm³/mol. The molecule has 0 aliphatic rings. The van der Waals surface area contributed by atoms with Crippen molar-refractivity contribution in [2.75, 3.05) is 6.61 Å². The van der Waals surface area contributed by atoms with E-state index in [4.69, 9.17) is 15.3 Å². The van der Waals surface area contributed by atoms with E-state index in [0.29, 0.717) is 0 Å². The molecule has 0 spiro atoms. The van der Waals surface area contributed by atoms with Crippen molar-refractivity contribution in [3.8, 4) is 0 Å². The van der Waals surface area contributed by atoms with Crippen molar-refractivity contribution < 1.29 is 34.8 Å².